The van der Waals surface area contributed by atoms with E-state index in [2.05, 4.69) is 5.32 Å². The molecule has 0 aliphatic rings. The van der Waals surface area contributed by atoms with Gasteiger partial charge >= 0.3 is 5.97 Å². The Balaban J connectivity index is 2.45. The van der Waals surface area contributed by atoms with Gasteiger partial charge in [0.25, 0.3) is 0 Å². The number of carboxylic acids is 1. The number of anilines is 1. The van der Waals surface area contributed by atoms with Crippen LogP contribution in [0.1, 0.15) is 13.3 Å². The van der Waals surface area contributed by atoms with Gasteiger partial charge in [-0.05, 0) is 26.1 Å². The van der Waals surface area contributed by atoms with Crippen LogP contribution in [0.5, 0.6) is 5.75 Å². The van der Waals surface area contributed by atoms with Crippen LogP contribution in [0, 0.1) is 0 Å². The van der Waals surface area contributed by atoms with Crippen LogP contribution in [0.3, 0.4) is 0 Å². The summed E-state index contributed by atoms with van der Waals surface area (Å²) in [6.07, 6.45) is 0.228. The molecule has 6 nitrogen and oxygen atoms in total. The Morgan fingerprint density at radius 1 is 1.45 bits per heavy atom. The molecule has 0 saturated heterocycles. The summed E-state index contributed by atoms with van der Waals surface area (Å²) >= 11 is 0. The Labute approximate surface area is 118 Å². The zero-order valence-corrected chi connectivity index (χ0v) is 11.9. The van der Waals surface area contributed by atoms with E-state index in [0.717, 1.165) is 0 Å². The molecule has 0 bridgehead atoms. The molecule has 0 heterocycles. The SMILES string of the molecule is COc1cccc(NC(=O)CCN(C)C(C)C(=O)O)c1. The number of methoxy groups -OCH3 is 1. The van der Waals surface area contributed by atoms with Crippen molar-refractivity contribution < 1.29 is 19.4 Å². The van der Waals surface area contributed by atoms with Gasteiger partial charge in [-0.2, -0.15) is 0 Å². The molecule has 0 aliphatic carbocycles. The number of carbonyl (C=O) groups is 2. The van der Waals surface area contributed by atoms with Crippen molar-refractivity contribution >= 4 is 17.6 Å². The fourth-order valence-corrected chi connectivity index (χ4v) is 1.58. The summed E-state index contributed by atoms with van der Waals surface area (Å²) in [5, 5.41) is 11.6. The molecule has 1 aromatic carbocycles. The highest BCUT2D eigenvalue weighted by molar-refractivity contribution is 5.91. The van der Waals surface area contributed by atoms with Gasteiger partial charge in [-0.1, -0.05) is 6.07 Å². The fourth-order valence-electron chi connectivity index (χ4n) is 1.58. The van der Waals surface area contributed by atoms with E-state index in [9.17, 15) is 9.59 Å². The molecule has 1 unspecified atom stereocenters. The van der Waals surface area contributed by atoms with Gasteiger partial charge in [0.15, 0.2) is 0 Å². The Morgan fingerprint density at radius 3 is 2.75 bits per heavy atom. The first-order chi connectivity index (χ1) is 9.43. The van der Waals surface area contributed by atoms with Crippen molar-refractivity contribution in [2.24, 2.45) is 0 Å². The van der Waals surface area contributed by atoms with Gasteiger partial charge in [-0.25, -0.2) is 0 Å². The molecular formula is C14H20N2O4. The minimum atomic E-state index is -0.902. The van der Waals surface area contributed by atoms with Gasteiger partial charge in [0.2, 0.25) is 5.91 Å². The summed E-state index contributed by atoms with van der Waals surface area (Å²) in [7, 11) is 3.24. The van der Waals surface area contributed by atoms with E-state index in [-0.39, 0.29) is 12.3 Å². The topological polar surface area (TPSA) is 78.9 Å². The van der Waals surface area contributed by atoms with Crippen molar-refractivity contribution in [1.82, 2.24) is 4.90 Å². The van der Waals surface area contributed by atoms with Crippen molar-refractivity contribution in [3.63, 3.8) is 0 Å². The Kier molecular flexibility index (Phi) is 5.99. The zero-order valence-electron chi connectivity index (χ0n) is 11.9. The summed E-state index contributed by atoms with van der Waals surface area (Å²) in [6, 6.07) is 6.45. The van der Waals surface area contributed by atoms with Gasteiger partial charge in [-0.3, -0.25) is 14.5 Å². The minimum Gasteiger partial charge on any atom is -0.497 e. The lowest BCUT2D eigenvalue weighted by atomic mass is 10.2. The molecule has 1 amide bonds. The second kappa shape index (κ2) is 7.49. The number of likely N-dealkylation sites (N-methyl/N-ethyl adjacent to an activating group) is 1. The number of nitrogens with one attached hydrogen (secondary N) is 1. The van der Waals surface area contributed by atoms with E-state index in [1.165, 1.54) is 0 Å². The van der Waals surface area contributed by atoms with Gasteiger partial charge in [0, 0.05) is 24.7 Å². The summed E-state index contributed by atoms with van der Waals surface area (Å²) in [4.78, 5) is 24.2. The maximum atomic E-state index is 11.8. The summed E-state index contributed by atoms with van der Waals surface area (Å²) < 4.78 is 5.07. The molecule has 1 rings (SSSR count). The minimum absolute atomic E-state index is 0.164. The molecule has 1 atom stereocenters. The van der Waals surface area contributed by atoms with Crippen molar-refractivity contribution in [3.05, 3.63) is 24.3 Å². The number of carboxylic acid groups (broad SMARTS) is 1. The molecule has 20 heavy (non-hydrogen) atoms. The molecule has 0 spiro atoms. The average Bonchev–Trinajstić information content (AvgIpc) is 2.43. The molecule has 110 valence electrons. The number of nitrogens with zero attached hydrogens (tertiary/aromatic N) is 1. The monoisotopic (exact) mass is 280 g/mol. The highest BCUT2D eigenvalue weighted by Gasteiger charge is 2.17. The largest absolute Gasteiger partial charge is 0.497 e. The van der Waals surface area contributed by atoms with Crippen LogP contribution >= 0.6 is 0 Å². The van der Waals surface area contributed by atoms with Crippen molar-refractivity contribution in [3.8, 4) is 5.75 Å². The van der Waals surface area contributed by atoms with Crippen LogP contribution in [0.25, 0.3) is 0 Å². The second-order valence-corrected chi connectivity index (χ2v) is 4.52. The number of hydrogen-bond acceptors (Lipinski definition) is 4. The van der Waals surface area contributed by atoms with Crippen molar-refractivity contribution in [2.75, 3.05) is 26.0 Å². The predicted octanol–water partition coefficient (Wildman–Crippen LogP) is 1.43. The van der Waals surface area contributed by atoms with E-state index in [1.807, 2.05) is 0 Å². The first-order valence-corrected chi connectivity index (χ1v) is 6.31. The highest BCUT2D eigenvalue weighted by atomic mass is 16.5. The van der Waals surface area contributed by atoms with Gasteiger partial charge in [0.1, 0.15) is 11.8 Å². The fraction of sp³-hybridized carbons (Fsp3) is 0.429. The quantitative estimate of drug-likeness (QED) is 0.790. The van der Waals surface area contributed by atoms with Crippen LogP contribution in [0.4, 0.5) is 5.69 Å². The third kappa shape index (κ3) is 4.89. The molecule has 1 aromatic rings. The van der Waals surface area contributed by atoms with E-state index in [0.29, 0.717) is 18.0 Å². The maximum absolute atomic E-state index is 11.8. The summed E-state index contributed by atoms with van der Waals surface area (Å²) in [6.45, 7) is 1.96. The summed E-state index contributed by atoms with van der Waals surface area (Å²) in [5.41, 5.74) is 0.656. The molecule has 2 N–H and O–H groups in total. The van der Waals surface area contributed by atoms with Gasteiger partial charge < -0.3 is 15.2 Å². The normalized spacial score (nSPS) is 12.0. The van der Waals surface area contributed by atoms with E-state index < -0.39 is 12.0 Å². The van der Waals surface area contributed by atoms with E-state index in [4.69, 9.17) is 9.84 Å². The number of rotatable bonds is 7. The predicted molar refractivity (Wildman–Crippen MR) is 76.0 cm³/mol. The lowest BCUT2D eigenvalue weighted by Gasteiger charge is -2.20. The first kappa shape index (κ1) is 16.0. The average molecular weight is 280 g/mol. The van der Waals surface area contributed by atoms with Gasteiger partial charge in [0.05, 0.1) is 7.11 Å². The lowest BCUT2D eigenvalue weighted by molar-refractivity contribution is -0.142. The highest BCUT2D eigenvalue weighted by Crippen LogP contribution is 2.16. The molecule has 0 aromatic heterocycles. The zero-order chi connectivity index (χ0) is 15.1. The maximum Gasteiger partial charge on any atom is 0.320 e. The molecule has 6 heteroatoms. The van der Waals surface area contributed by atoms with Crippen molar-refractivity contribution in [1.29, 1.82) is 0 Å². The van der Waals surface area contributed by atoms with Crippen LogP contribution in [0.2, 0.25) is 0 Å². The first-order valence-electron chi connectivity index (χ1n) is 6.31. The second-order valence-electron chi connectivity index (χ2n) is 4.52. The van der Waals surface area contributed by atoms with E-state index >= 15 is 0 Å². The molecule has 0 aliphatic heterocycles. The Bertz CT molecular complexity index is 476. The third-order valence-electron chi connectivity index (χ3n) is 3.06. The Hall–Kier alpha value is -2.08. The van der Waals surface area contributed by atoms with Crippen LogP contribution in [-0.2, 0) is 9.59 Å². The number of aliphatic carboxylic acids is 1. The number of amides is 1. The Morgan fingerprint density at radius 2 is 2.15 bits per heavy atom. The standard InChI is InChI=1S/C14H20N2O4/c1-10(14(18)19)16(2)8-7-13(17)15-11-5-4-6-12(9-11)20-3/h4-6,9-10H,7-8H2,1-3H3,(H,15,17)(H,18,19). The molecule has 0 radical (unpaired) electrons. The summed E-state index contributed by atoms with van der Waals surface area (Å²) in [5.74, 6) is -0.400. The van der Waals surface area contributed by atoms with Gasteiger partial charge in [-0.15, -0.1) is 0 Å². The number of ether oxygens (including phenoxy) is 1. The molecule has 0 fully saturated rings. The van der Waals surface area contributed by atoms with E-state index in [1.54, 1.807) is 50.2 Å². The van der Waals surface area contributed by atoms with Crippen molar-refractivity contribution in [2.45, 2.75) is 19.4 Å². The number of benzene rings is 1. The number of hydrogen-bond donors (Lipinski definition) is 2. The third-order valence-corrected chi connectivity index (χ3v) is 3.06. The van der Waals surface area contributed by atoms with Crippen LogP contribution < -0.4 is 10.1 Å². The molecular weight excluding hydrogens is 260 g/mol. The lowest BCUT2D eigenvalue weighted by Crippen LogP contribution is -2.37. The molecule has 0 saturated carbocycles. The van der Waals surface area contributed by atoms with Crippen LogP contribution in [0.15, 0.2) is 24.3 Å². The number of carbonyl (C=O) groups excluding carboxylic acids is 1. The smallest absolute Gasteiger partial charge is 0.320 e. The van der Waals surface area contributed by atoms with Crippen LogP contribution in [-0.4, -0.2) is 48.6 Å².